The fourth-order valence-electron chi connectivity index (χ4n) is 11.0. The molecule has 4 unspecified atom stereocenters. The number of halogens is 18. The van der Waals surface area contributed by atoms with Gasteiger partial charge in [0, 0.05) is 0 Å². The Kier molecular flexibility index (Phi) is 44.2. The normalized spacial score (nSPS) is 22.6. The van der Waals surface area contributed by atoms with Crippen molar-refractivity contribution in [3.8, 4) is 0 Å². The van der Waals surface area contributed by atoms with Crippen LogP contribution >= 0.6 is 0 Å². The summed E-state index contributed by atoms with van der Waals surface area (Å²) in [5.41, 5.74) is -2.52. The van der Waals surface area contributed by atoms with Crippen molar-refractivity contribution < 1.29 is 79.0 Å². The molecule has 0 aliphatic heterocycles. The summed E-state index contributed by atoms with van der Waals surface area (Å²) in [4.78, 5) is 0. The smallest absolute Gasteiger partial charge is 0.171 e. The summed E-state index contributed by atoms with van der Waals surface area (Å²) in [5.74, 6) is -1.53. The summed E-state index contributed by atoms with van der Waals surface area (Å²) in [6, 6.07) is 0. The van der Waals surface area contributed by atoms with E-state index in [1.165, 1.54) is 34.6 Å². The number of alkyl halides is 18. The zero-order valence-corrected chi connectivity index (χ0v) is 71.6. The Morgan fingerprint density at radius 3 is 0.800 bits per heavy atom. The van der Waals surface area contributed by atoms with Crippen molar-refractivity contribution in [1.82, 2.24) is 0 Å². The van der Waals surface area contributed by atoms with E-state index in [2.05, 4.69) is 145 Å². The molecule has 0 nitrogen and oxygen atoms in total. The Hall–Kier alpha value is -1.26. The SMILES string of the molecule is CC(C)(C)C(C)(C)C(C)(C)C.CC(C)(C)C(C)(C)C(F)(F)F.CC(C)C(C)(C)C(C)(C)C.CC(C)C(C)(C)C(C)C(F)(F)F.CC(C)[C@@H](C)C(C)(C)C.CC1CCC(C(F)(F)F)CC1.CC1CCCC(C(F)(F)F)[C@@H]1C.C[C@@H]1CCCC(C(F)(F)F)C1.C[C@H](C(C)(C)C)C(C)(C)C(F)(F)F. The first-order valence-electron chi connectivity index (χ1n) is 37.4. The predicted octanol–water partition coefficient (Wildman–Crippen LogP) is 33.3. The molecule has 0 spiro atoms. The highest BCUT2D eigenvalue weighted by molar-refractivity contribution is 4.93. The lowest BCUT2D eigenvalue weighted by Gasteiger charge is -2.49. The van der Waals surface area contributed by atoms with E-state index in [0.29, 0.717) is 70.5 Å². The third-order valence-electron chi connectivity index (χ3n) is 26.3. The Labute approximate surface area is 604 Å². The van der Waals surface area contributed by atoms with Crippen molar-refractivity contribution >= 4 is 0 Å². The minimum Gasteiger partial charge on any atom is -0.171 e. The molecule has 0 aromatic carbocycles. The van der Waals surface area contributed by atoms with Gasteiger partial charge in [-0.05, 0) is 134 Å². The first-order chi connectivity index (χ1) is 43.0. The van der Waals surface area contributed by atoms with Gasteiger partial charge in [-0.3, -0.25) is 0 Å². The van der Waals surface area contributed by atoms with E-state index >= 15 is 0 Å². The first-order valence-corrected chi connectivity index (χ1v) is 37.4. The fraction of sp³-hybridized carbons (Fsp3) is 1.00. The average molecular weight is 1490 g/mol. The zero-order chi connectivity index (χ0) is 82.8. The Balaban J connectivity index is -0.000000249. The summed E-state index contributed by atoms with van der Waals surface area (Å²) >= 11 is 0. The second kappa shape index (κ2) is 40.3. The van der Waals surface area contributed by atoms with E-state index in [1.54, 1.807) is 48.5 Å². The molecule has 0 heterocycles. The van der Waals surface area contributed by atoms with Gasteiger partial charge in [-0.1, -0.05) is 322 Å². The van der Waals surface area contributed by atoms with Gasteiger partial charge < -0.3 is 0 Å². The summed E-state index contributed by atoms with van der Waals surface area (Å²) in [5, 5.41) is 0. The van der Waals surface area contributed by atoms with Gasteiger partial charge in [-0.25, -0.2) is 0 Å². The quantitative estimate of drug-likeness (QED) is 0.241. The molecule has 3 saturated carbocycles. The molecule has 18 heteroatoms. The van der Waals surface area contributed by atoms with Crippen molar-refractivity contribution in [3.63, 3.8) is 0 Å². The highest BCUT2D eigenvalue weighted by atomic mass is 19.4. The fourth-order valence-corrected chi connectivity index (χ4v) is 11.0. The molecule has 100 heavy (non-hydrogen) atoms. The number of rotatable bonds is 5. The molecular formula is C82H158F18. The molecule has 0 N–H and O–H groups in total. The summed E-state index contributed by atoms with van der Waals surface area (Å²) in [6.07, 6.45) is -17.6. The molecular weight excluding hydrogens is 1330 g/mol. The van der Waals surface area contributed by atoms with Crippen molar-refractivity contribution in [2.45, 2.75) is 392 Å². The molecule has 0 radical (unpaired) electrons. The second-order valence-corrected chi connectivity index (χ2v) is 40.5. The predicted molar refractivity (Wildman–Crippen MR) is 392 cm³/mol. The molecule has 0 aromatic rings. The maximum Gasteiger partial charge on any atom is 0.394 e. The highest BCUT2D eigenvalue weighted by Crippen LogP contribution is 2.53. The highest BCUT2D eigenvalue weighted by Gasteiger charge is 2.55. The summed E-state index contributed by atoms with van der Waals surface area (Å²) in [7, 11) is 0. The molecule has 3 fully saturated rings. The molecule has 3 aliphatic carbocycles. The summed E-state index contributed by atoms with van der Waals surface area (Å²) < 4.78 is 221. The lowest BCUT2D eigenvalue weighted by molar-refractivity contribution is -0.243. The standard InChI is InChI=1S/C11H24.C10H19F3.C10H22.C9H15F3.C9H17F3.C9H20.2C8H13F3.C8H15F3/c1-9(2,3)11(7,8)10(4,5)6;1-7(8(2,3)4)9(5,6)10(11,12)13;1-8(2)10(6,7)9(3,4)5;1-6-4-3-5-8(7(6)2)9(10,11)12;1-6(2)8(4,5)7(3)9(10,11)12;1-7(2)8(3)9(4,5)6;1-6-2-4-7(5-3-6)8(9,10)11;1-6-3-2-4-7(5-6)8(9,10)11;1-6(2,3)7(4,5)8(9,10)11/h1-8H3;7H,1-6H3;8H,1-7H3;6-8H,3-5H2,1-2H3;6-7H,1-5H3;7-8H,1-6H3;2*6-7H,2-5H2,1H3;1-5H3/t;7-;;6?,7-,8?;;8-;;6-,7?;/m.1.1.1.1./s1. The molecule has 0 saturated heterocycles. The van der Waals surface area contributed by atoms with Crippen LogP contribution in [0.5, 0.6) is 0 Å². The van der Waals surface area contributed by atoms with Crippen molar-refractivity contribution in [2.75, 3.05) is 0 Å². The lowest BCUT2D eigenvalue weighted by Crippen LogP contribution is -2.43. The van der Waals surface area contributed by atoms with Crippen LogP contribution in [-0.2, 0) is 0 Å². The van der Waals surface area contributed by atoms with Crippen LogP contribution < -0.4 is 0 Å². The van der Waals surface area contributed by atoms with E-state index in [1.807, 2.05) is 55.4 Å². The third kappa shape index (κ3) is 39.0. The lowest BCUT2D eigenvalue weighted by atomic mass is 9.56. The van der Waals surface area contributed by atoms with Gasteiger partial charge in [0.25, 0.3) is 0 Å². The van der Waals surface area contributed by atoms with Gasteiger partial charge in [0.2, 0.25) is 0 Å². The minimum atomic E-state index is -4.13. The molecule has 612 valence electrons. The van der Waals surface area contributed by atoms with Gasteiger partial charge in [0.1, 0.15) is 0 Å². The van der Waals surface area contributed by atoms with Crippen LogP contribution in [0.15, 0.2) is 0 Å². The maximum atomic E-state index is 12.6. The van der Waals surface area contributed by atoms with E-state index in [4.69, 9.17) is 0 Å². The van der Waals surface area contributed by atoms with Crippen LogP contribution in [-0.4, -0.2) is 37.1 Å². The van der Waals surface area contributed by atoms with Crippen LogP contribution in [0.3, 0.4) is 0 Å². The van der Waals surface area contributed by atoms with Gasteiger partial charge in [-0.2, -0.15) is 79.0 Å². The van der Waals surface area contributed by atoms with Gasteiger partial charge in [0.15, 0.2) is 0 Å². The zero-order valence-electron chi connectivity index (χ0n) is 71.6. The third-order valence-corrected chi connectivity index (χ3v) is 26.3. The van der Waals surface area contributed by atoms with E-state index in [-0.39, 0.29) is 29.1 Å². The monoisotopic (exact) mass is 1490 g/mol. The van der Waals surface area contributed by atoms with Crippen LogP contribution in [0, 0.1) is 136 Å². The molecule has 8 atom stereocenters. The van der Waals surface area contributed by atoms with Gasteiger partial charge >= 0.3 is 37.1 Å². The van der Waals surface area contributed by atoms with Crippen LogP contribution in [0.1, 0.15) is 355 Å². The largest absolute Gasteiger partial charge is 0.394 e. The molecule has 0 amide bonds. The van der Waals surface area contributed by atoms with Crippen molar-refractivity contribution in [2.24, 2.45) is 136 Å². The Morgan fingerprint density at radius 1 is 0.300 bits per heavy atom. The number of hydrogen-bond donors (Lipinski definition) is 0. The van der Waals surface area contributed by atoms with Crippen LogP contribution in [0.4, 0.5) is 79.0 Å². The molecule has 0 aromatic heterocycles. The summed E-state index contributed by atoms with van der Waals surface area (Å²) in [6.45, 7) is 81.4. The second-order valence-electron chi connectivity index (χ2n) is 40.5. The van der Waals surface area contributed by atoms with Crippen molar-refractivity contribution in [1.29, 1.82) is 0 Å². The molecule has 3 aliphatic rings. The van der Waals surface area contributed by atoms with Gasteiger partial charge in [0.05, 0.1) is 34.5 Å². The van der Waals surface area contributed by atoms with Crippen molar-refractivity contribution in [3.05, 3.63) is 0 Å². The topological polar surface area (TPSA) is 0 Å². The molecule has 3 rings (SSSR count). The Morgan fingerprint density at radius 2 is 0.650 bits per heavy atom. The van der Waals surface area contributed by atoms with Gasteiger partial charge in [-0.15, -0.1) is 0 Å². The minimum absolute atomic E-state index is 0.0362. The van der Waals surface area contributed by atoms with E-state index in [9.17, 15) is 79.0 Å². The first kappa shape index (κ1) is 110. The average Bonchev–Trinajstić information content (AvgIpc) is 0.801. The number of hydrogen-bond acceptors (Lipinski definition) is 0. The van der Waals surface area contributed by atoms with E-state index < -0.39 is 88.3 Å². The van der Waals surface area contributed by atoms with Crippen LogP contribution in [0.25, 0.3) is 0 Å². The van der Waals surface area contributed by atoms with Crippen LogP contribution in [0.2, 0.25) is 0 Å². The molecule has 0 bridgehead atoms. The Bertz CT molecular complexity index is 2040. The maximum absolute atomic E-state index is 12.6. The van der Waals surface area contributed by atoms with E-state index in [0.717, 1.165) is 56.3 Å².